The lowest BCUT2D eigenvalue weighted by Gasteiger charge is -2.38. The second-order valence-corrected chi connectivity index (χ2v) is 7.49. The zero-order chi connectivity index (χ0) is 17.5. The van der Waals surface area contributed by atoms with E-state index in [2.05, 4.69) is 75.5 Å². The summed E-state index contributed by atoms with van der Waals surface area (Å²) in [4.78, 5) is 0. The van der Waals surface area contributed by atoms with Gasteiger partial charge in [-0.05, 0) is 23.8 Å². The van der Waals surface area contributed by atoms with Gasteiger partial charge in [-0.3, -0.25) is 0 Å². The van der Waals surface area contributed by atoms with Crippen LogP contribution in [0.5, 0.6) is 5.75 Å². The molecule has 0 spiro atoms. The summed E-state index contributed by atoms with van der Waals surface area (Å²) in [6.45, 7) is 0. The van der Waals surface area contributed by atoms with Gasteiger partial charge in [-0.25, -0.2) is 5.01 Å². The van der Waals surface area contributed by atoms with E-state index in [-0.39, 0.29) is 12.3 Å². The highest BCUT2D eigenvalue weighted by molar-refractivity contribution is 9.10. The summed E-state index contributed by atoms with van der Waals surface area (Å²) in [5.74, 6) is 0.954. The number of para-hydroxylation sites is 1. The summed E-state index contributed by atoms with van der Waals surface area (Å²) in [5, 5.41) is 7.10. The fourth-order valence-electron chi connectivity index (χ4n) is 3.69. The van der Waals surface area contributed by atoms with Gasteiger partial charge < -0.3 is 4.74 Å². The summed E-state index contributed by atoms with van der Waals surface area (Å²) in [6.07, 6.45) is 0.676. The molecule has 0 fully saturated rings. The molecule has 3 nitrogen and oxygen atoms in total. The van der Waals surface area contributed by atoms with Crippen molar-refractivity contribution in [1.82, 2.24) is 5.01 Å². The number of benzene rings is 3. The second-order valence-electron chi connectivity index (χ2n) is 6.57. The van der Waals surface area contributed by atoms with E-state index in [1.54, 1.807) is 0 Å². The van der Waals surface area contributed by atoms with Crippen LogP contribution in [-0.2, 0) is 0 Å². The van der Waals surface area contributed by atoms with Crippen LogP contribution < -0.4 is 4.74 Å². The monoisotopic (exact) mass is 404 g/mol. The molecule has 2 unspecified atom stereocenters. The van der Waals surface area contributed by atoms with Crippen molar-refractivity contribution in [2.75, 3.05) is 0 Å². The molecule has 0 aromatic heterocycles. The molecule has 2 atom stereocenters. The summed E-state index contributed by atoms with van der Waals surface area (Å²) in [7, 11) is 0. The molecule has 0 saturated carbocycles. The van der Waals surface area contributed by atoms with E-state index in [0.717, 1.165) is 33.5 Å². The molecule has 0 amide bonds. The maximum absolute atomic E-state index is 6.35. The first kappa shape index (κ1) is 15.6. The molecule has 4 heteroatoms. The topological polar surface area (TPSA) is 24.8 Å². The lowest BCUT2D eigenvalue weighted by Crippen LogP contribution is -2.33. The van der Waals surface area contributed by atoms with Gasteiger partial charge in [0.2, 0.25) is 6.23 Å². The molecule has 128 valence electrons. The van der Waals surface area contributed by atoms with Crippen molar-refractivity contribution < 1.29 is 4.74 Å². The molecule has 5 rings (SSSR count). The maximum Gasteiger partial charge on any atom is 0.213 e. The molecular weight excluding hydrogens is 388 g/mol. The Morgan fingerprint density at radius 3 is 2.42 bits per heavy atom. The summed E-state index contributed by atoms with van der Waals surface area (Å²) >= 11 is 3.51. The number of ether oxygens (including phenoxy) is 1. The van der Waals surface area contributed by atoms with Gasteiger partial charge in [0.25, 0.3) is 0 Å². The van der Waals surface area contributed by atoms with Crippen LogP contribution in [0.25, 0.3) is 0 Å². The predicted molar refractivity (Wildman–Crippen MR) is 106 cm³/mol. The number of hydrogen-bond acceptors (Lipinski definition) is 3. The molecule has 26 heavy (non-hydrogen) atoms. The molecular formula is C22H17BrN2O. The number of nitrogens with zero attached hydrogens (tertiary/aromatic N) is 2. The highest BCUT2D eigenvalue weighted by atomic mass is 79.9. The summed E-state index contributed by atoms with van der Waals surface area (Å²) in [5.41, 5.74) is 4.58. The Hall–Kier alpha value is -2.59. The maximum atomic E-state index is 6.35. The average Bonchev–Trinajstić information content (AvgIpc) is 3.14. The van der Waals surface area contributed by atoms with Crippen LogP contribution in [-0.4, -0.2) is 10.7 Å². The Bertz CT molecular complexity index is 969. The summed E-state index contributed by atoms with van der Waals surface area (Å²) in [6, 6.07) is 27.2. The van der Waals surface area contributed by atoms with Crippen molar-refractivity contribution in [3.05, 3.63) is 100 Å². The molecule has 3 aromatic rings. The molecule has 0 radical (unpaired) electrons. The Balaban J connectivity index is 1.59. The third kappa shape index (κ3) is 2.61. The zero-order valence-corrected chi connectivity index (χ0v) is 15.6. The van der Waals surface area contributed by atoms with Crippen molar-refractivity contribution in [2.24, 2.45) is 5.10 Å². The third-order valence-electron chi connectivity index (χ3n) is 4.96. The molecule has 0 saturated heterocycles. The number of halogens is 1. The lowest BCUT2D eigenvalue weighted by molar-refractivity contribution is -0.0190. The fraction of sp³-hybridized carbons (Fsp3) is 0.136. The molecule has 2 aliphatic rings. The molecule has 3 aromatic carbocycles. The smallest absolute Gasteiger partial charge is 0.213 e. The van der Waals surface area contributed by atoms with Gasteiger partial charge >= 0.3 is 0 Å². The SMILES string of the molecule is Brc1ccc(C2=NN3C(C2)c2ccccc2OC3c2ccccc2)cc1. The minimum Gasteiger partial charge on any atom is -0.464 e. The Morgan fingerprint density at radius 1 is 0.885 bits per heavy atom. The van der Waals surface area contributed by atoms with Gasteiger partial charge in [0, 0.05) is 22.0 Å². The van der Waals surface area contributed by atoms with Crippen molar-refractivity contribution >= 4 is 21.6 Å². The first-order chi connectivity index (χ1) is 12.8. The lowest BCUT2D eigenvalue weighted by atomic mass is 9.96. The minimum atomic E-state index is -0.205. The first-order valence-corrected chi connectivity index (χ1v) is 9.51. The highest BCUT2D eigenvalue weighted by Gasteiger charge is 2.40. The van der Waals surface area contributed by atoms with Gasteiger partial charge in [0.1, 0.15) is 5.75 Å². The largest absolute Gasteiger partial charge is 0.464 e. The van der Waals surface area contributed by atoms with Crippen LogP contribution in [0.15, 0.2) is 88.4 Å². The zero-order valence-electron chi connectivity index (χ0n) is 14.0. The van der Waals surface area contributed by atoms with Gasteiger partial charge in [-0.1, -0.05) is 76.6 Å². The van der Waals surface area contributed by atoms with Gasteiger partial charge in [0.05, 0.1) is 11.8 Å². The Labute approximate surface area is 161 Å². The number of hydrazone groups is 1. The molecule has 0 bridgehead atoms. The van der Waals surface area contributed by atoms with Crippen LogP contribution in [0.4, 0.5) is 0 Å². The number of rotatable bonds is 2. The van der Waals surface area contributed by atoms with Gasteiger partial charge in [-0.2, -0.15) is 5.10 Å². The average molecular weight is 405 g/mol. The van der Waals surface area contributed by atoms with Crippen LogP contribution in [0.1, 0.15) is 35.4 Å². The number of hydrogen-bond donors (Lipinski definition) is 0. The minimum absolute atomic E-state index is 0.198. The van der Waals surface area contributed by atoms with Gasteiger partial charge in [-0.15, -0.1) is 0 Å². The Morgan fingerprint density at radius 2 is 1.62 bits per heavy atom. The van der Waals surface area contributed by atoms with Crippen LogP contribution >= 0.6 is 15.9 Å². The predicted octanol–water partition coefficient (Wildman–Crippen LogP) is 5.69. The highest BCUT2D eigenvalue weighted by Crippen LogP contribution is 2.47. The third-order valence-corrected chi connectivity index (χ3v) is 5.49. The van der Waals surface area contributed by atoms with Crippen molar-refractivity contribution in [1.29, 1.82) is 0 Å². The fourth-order valence-corrected chi connectivity index (χ4v) is 3.95. The van der Waals surface area contributed by atoms with Gasteiger partial charge in [0.15, 0.2) is 0 Å². The van der Waals surface area contributed by atoms with Crippen molar-refractivity contribution in [3.8, 4) is 5.75 Å². The van der Waals surface area contributed by atoms with E-state index in [1.165, 1.54) is 5.56 Å². The second kappa shape index (κ2) is 6.29. The molecule has 0 N–H and O–H groups in total. The van der Waals surface area contributed by atoms with Crippen molar-refractivity contribution in [2.45, 2.75) is 18.7 Å². The van der Waals surface area contributed by atoms with E-state index >= 15 is 0 Å². The van der Waals surface area contributed by atoms with E-state index in [9.17, 15) is 0 Å². The quantitative estimate of drug-likeness (QED) is 0.547. The van der Waals surface area contributed by atoms with Crippen molar-refractivity contribution in [3.63, 3.8) is 0 Å². The van der Waals surface area contributed by atoms with E-state index in [4.69, 9.17) is 9.84 Å². The van der Waals surface area contributed by atoms with Crippen LogP contribution in [0.3, 0.4) is 0 Å². The van der Waals surface area contributed by atoms with E-state index in [0.29, 0.717) is 0 Å². The molecule has 0 aliphatic carbocycles. The van der Waals surface area contributed by atoms with E-state index in [1.807, 2.05) is 24.3 Å². The van der Waals surface area contributed by atoms with Crippen LogP contribution in [0.2, 0.25) is 0 Å². The molecule has 2 aliphatic heterocycles. The Kier molecular flexibility index (Phi) is 3.79. The first-order valence-electron chi connectivity index (χ1n) is 8.72. The number of fused-ring (bicyclic) bond motifs is 3. The normalized spacial score (nSPS) is 20.8. The standard InChI is InChI=1S/C22H17BrN2O/c23-17-12-10-15(11-13-17)19-14-20-18-8-4-5-9-21(18)26-22(25(20)24-19)16-6-2-1-3-7-16/h1-13,20,22H,14H2. The van der Waals surface area contributed by atoms with E-state index < -0.39 is 0 Å². The molecule has 2 heterocycles. The summed E-state index contributed by atoms with van der Waals surface area (Å²) < 4.78 is 7.42. The van der Waals surface area contributed by atoms with Crippen LogP contribution in [0, 0.1) is 0 Å².